The van der Waals surface area contributed by atoms with Gasteiger partial charge in [-0.05, 0) is 33.6 Å². The van der Waals surface area contributed by atoms with E-state index in [0.717, 1.165) is 6.07 Å². The Morgan fingerprint density at radius 2 is 1.44 bits per heavy atom. The van der Waals surface area contributed by atoms with Crippen molar-refractivity contribution >= 4 is 15.9 Å². The fourth-order valence-corrected chi connectivity index (χ4v) is 2.20. The van der Waals surface area contributed by atoms with Crippen molar-refractivity contribution in [1.29, 1.82) is 0 Å². The molecule has 0 aliphatic heterocycles. The van der Waals surface area contributed by atoms with Crippen LogP contribution >= 0.6 is 15.9 Å². The maximum absolute atomic E-state index is 13.6. The van der Waals surface area contributed by atoms with E-state index in [1.165, 1.54) is 24.3 Å². The van der Waals surface area contributed by atoms with Gasteiger partial charge in [-0.25, -0.2) is 13.2 Å². The number of nitrogens with two attached hydrogens (primary N) is 1. The van der Waals surface area contributed by atoms with E-state index in [0.29, 0.717) is 5.56 Å². The third-order valence-electron chi connectivity index (χ3n) is 2.63. The first-order valence-corrected chi connectivity index (χ1v) is 5.95. The number of rotatable bonds is 2. The van der Waals surface area contributed by atoms with E-state index < -0.39 is 23.5 Å². The summed E-state index contributed by atoms with van der Waals surface area (Å²) >= 11 is 3.05. The van der Waals surface area contributed by atoms with Crippen molar-refractivity contribution in [3.8, 4) is 0 Å². The Balaban J connectivity index is 2.51. The summed E-state index contributed by atoms with van der Waals surface area (Å²) in [5, 5.41) is 0. The number of benzene rings is 2. The van der Waals surface area contributed by atoms with Crippen LogP contribution < -0.4 is 5.73 Å². The number of halogens is 4. The van der Waals surface area contributed by atoms with E-state index in [1.54, 1.807) is 6.07 Å². The first-order valence-electron chi connectivity index (χ1n) is 5.15. The third kappa shape index (κ3) is 2.28. The molecule has 1 unspecified atom stereocenters. The van der Waals surface area contributed by atoms with Crippen molar-refractivity contribution in [3.63, 3.8) is 0 Å². The van der Waals surface area contributed by atoms with E-state index in [2.05, 4.69) is 15.9 Å². The quantitative estimate of drug-likeness (QED) is 0.893. The first-order chi connectivity index (χ1) is 8.52. The topological polar surface area (TPSA) is 26.0 Å². The molecule has 1 nitrogen and oxygen atoms in total. The molecule has 0 aliphatic carbocycles. The van der Waals surface area contributed by atoms with Gasteiger partial charge in [-0.3, -0.25) is 0 Å². The smallest absolute Gasteiger partial charge is 0.163 e. The van der Waals surface area contributed by atoms with Gasteiger partial charge in [0.05, 0.1) is 10.5 Å². The van der Waals surface area contributed by atoms with Crippen LogP contribution in [0, 0.1) is 17.5 Å². The van der Waals surface area contributed by atoms with Crippen molar-refractivity contribution in [2.75, 3.05) is 0 Å². The Morgan fingerprint density at radius 3 is 2.11 bits per heavy atom. The van der Waals surface area contributed by atoms with Crippen LogP contribution in [0.15, 0.2) is 40.9 Å². The third-order valence-corrected chi connectivity index (χ3v) is 3.47. The van der Waals surface area contributed by atoms with E-state index >= 15 is 0 Å². The highest BCUT2D eigenvalue weighted by Crippen LogP contribution is 2.30. The molecule has 2 aromatic rings. The van der Waals surface area contributed by atoms with Gasteiger partial charge >= 0.3 is 0 Å². The number of hydrogen-bond acceptors (Lipinski definition) is 1. The molecule has 0 bridgehead atoms. The summed E-state index contributed by atoms with van der Waals surface area (Å²) in [6, 6.07) is 7.08. The molecule has 0 radical (unpaired) electrons. The van der Waals surface area contributed by atoms with Crippen molar-refractivity contribution in [2.24, 2.45) is 5.73 Å². The lowest BCUT2D eigenvalue weighted by Crippen LogP contribution is -2.15. The van der Waals surface area contributed by atoms with Crippen molar-refractivity contribution in [3.05, 3.63) is 69.4 Å². The maximum Gasteiger partial charge on any atom is 0.163 e. The fraction of sp³-hybridized carbons (Fsp3) is 0.0769. The molecule has 2 aromatic carbocycles. The molecule has 0 aliphatic rings. The van der Waals surface area contributed by atoms with Crippen LogP contribution in [0.2, 0.25) is 0 Å². The summed E-state index contributed by atoms with van der Waals surface area (Å²) in [7, 11) is 0. The predicted molar refractivity (Wildman–Crippen MR) is 66.5 cm³/mol. The van der Waals surface area contributed by atoms with Crippen LogP contribution in [-0.2, 0) is 0 Å². The maximum atomic E-state index is 13.6. The van der Waals surface area contributed by atoms with E-state index in [4.69, 9.17) is 5.73 Å². The Kier molecular flexibility index (Phi) is 3.73. The molecular weight excluding hydrogens is 307 g/mol. The lowest BCUT2D eigenvalue weighted by molar-refractivity contribution is 0.494. The molecule has 94 valence electrons. The van der Waals surface area contributed by atoms with E-state index in [1.807, 2.05) is 0 Å². The molecule has 18 heavy (non-hydrogen) atoms. The fourth-order valence-electron chi connectivity index (χ4n) is 1.69. The van der Waals surface area contributed by atoms with Crippen LogP contribution in [0.4, 0.5) is 13.2 Å². The van der Waals surface area contributed by atoms with Gasteiger partial charge in [0.2, 0.25) is 0 Å². The highest BCUT2D eigenvalue weighted by atomic mass is 79.9. The average molecular weight is 316 g/mol. The van der Waals surface area contributed by atoms with Gasteiger partial charge in [-0.2, -0.15) is 0 Å². The minimum absolute atomic E-state index is 0.0127. The zero-order valence-electron chi connectivity index (χ0n) is 9.13. The summed E-state index contributed by atoms with van der Waals surface area (Å²) in [6.45, 7) is 0. The summed E-state index contributed by atoms with van der Waals surface area (Å²) in [4.78, 5) is 0. The molecule has 0 saturated carbocycles. The van der Waals surface area contributed by atoms with Gasteiger partial charge in [0, 0.05) is 5.56 Å². The SMILES string of the molecule is NC(c1cccc(F)c1F)c1cccc(F)c1Br. The summed E-state index contributed by atoms with van der Waals surface area (Å²) in [5.41, 5.74) is 6.20. The molecule has 1 atom stereocenters. The van der Waals surface area contributed by atoms with Crippen molar-refractivity contribution in [2.45, 2.75) is 6.04 Å². The molecule has 5 heteroatoms. The first kappa shape index (κ1) is 13.1. The molecule has 2 N–H and O–H groups in total. The second kappa shape index (κ2) is 5.12. The van der Waals surface area contributed by atoms with Gasteiger partial charge in [0.1, 0.15) is 5.82 Å². The normalized spacial score (nSPS) is 12.5. The number of hydrogen-bond donors (Lipinski definition) is 1. The summed E-state index contributed by atoms with van der Waals surface area (Å²) in [5.74, 6) is -2.49. The molecule has 0 saturated heterocycles. The van der Waals surface area contributed by atoms with Crippen LogP contribution in [0.1, 0.15) is 17.2 Å². The minimum atomic E-state index is -1.01. The molecule has 0 aromatic heterocycles. The minimum Gasteiger partial charge on any atom is -0.320 e. The van der Waals surface area contributed by atoms with Crippen LogP contribution in [-0.4, -0.2) is 0 Å². The Hall–Kier alpha value is -1.33. The Labute approximate surface area is 111 Å². The van der Waals surface area contributed by atoms with Crippen molar-refractivity contribution < 1.29 is 13.2 Å². The second-order valence-electron chi connectivity index (χ2n) is 3.76. The van der Waals surface area contributed by atoms with Gasteiger partial charge in [-0.15, -0.1) is 0 Å². The van der Waals surface area contributed by atoms with Crippen LogP contribution in [0.5, 0.6) is 0 Å². The largest absolute Gasteiger partial charge is 0.320 e. The molecule has 0 heterocycles. The molecule has 0 fully saturated rings. The summed E-state index contributed by atoms with van der Waals surface area (Å²) in [6.07, 6.45) is 0. The van der Waals surface area contributed by atoms with Crippen LogP contribution in [0.3, 0.4) is 0 Å². The monoisotopic (exact) mass is 315 g/mol. The highest BCUT2D eigenvalue weighted by molar-refractivity contribution is 9.10. The zero-order chi connectivity index (χ0) is 13.3. The second-order valence-corrected chi connectivity index (χ2v) is 4.56. The van der Waals surface area contributed by atoms with E-state index in [-0.39, 0.29) is 10.0 Å². The lowest BCUT2D eigenvalue weighted by Gasteiger charge is -2.15. The standard InChI is InChI=1S/C13H9BrF3N/c14-11-7(3-1-5-9(11)15)13(18)8-4-2-6-10(16)12(8)17/h1-6,13H,18H2. The van der Waals surface area contributed by atoms with Crippen molar-refractivity contribution in [1.82, 2.24) is 0 Å². The van der Waals surface area contributed by atoms with Gasteiger partial charge in [0.25, 0.3) is 0 Å². The van der Waals surface area contributed by atoms with E-state index in [9.17, 15) is 13.2 Å². The molecule has 2 rings (SSSR count). The summed E-state index contributed by atoms with van der Waals surface area (Å²) < 4.78 is 40.2. The van der Waals surface area contributed by atoms with Gasteiger partial charge in [0.15, 0.2) is 11.6 Å². The molecular formula is C13H9BrF3N. The lowest BCUT2D eigenvalue weighted by atomic mass is 9.99. The Morgan fingerprint density at radius 1 is 0.889 bits per heavy atom. The van der Waals surface area contributed by atoms with Gasteiger partial charge < -0.3 is 5.73 Å². The molecule has 0 spiro atoms. The predicted octanol–water partition coefficient (Wildman–Crippen LogP) is 3.91. The van der Waals surface area contributed by atoms with Crippen LogP contribution in [0.25, 0.3) is 0 Å². The molecule has 0 amide bonds. The van der Waals surface area contributed by atoms with Gasteiger partial charge in [-0.1, -0.05) is 24.3 Å². The zero-order valence-corrected chi connectivity index (χ0v) is 10.7. The Bertz CT molecular complexity index is 535. The highest BCUT2D eigenvalue weighted by Gasteiger charge is 2.19. The average Bonchev–Trinajstić information content (AvgIpc) is 2.35.